The van der Waals surface area contributed by atoms with Crippen LogP contribution in [0.1, 0.15) is 30.9 Å². The van der Waals surface area contributed by atoms with Crippen LogP contribution in [0.5, 0.6) is 0 Å². The van der Waals surface area contributed by atoms with E-state index in [4.69, 9.17) is 4.74 Å². The van der Waals surface area contributed by atoms with E-state index in [2.05, 4.69) is 29.6 Å². The highest BCUT2D eigenvalue weighted by molar-refractivity contribution is 5.79. The summed E-state index contributed by atoms with van der Waals surface area (Å²) in [6.45, 7) is 4.30. The molecular weight excluding hydrogens is 302 g/mol. The summed E-state index contributed by atoms with van der Waals surface area (Å²) in [7, 11) is 0. The molecule has 0 saturated carbocycles. The predicted molar refractivity (Wildman–Crippen MR) is 93.9 cm³/mol. The fourth-order valence-electron chi connectivity index (χ4n) is 3.06. The van der Waals surface area contributed by atoms with E-state index in [9.17, 15) is 9.90 Å². The van der Waals surface area contributed by atoms with E-state index >= 15 is 0 Å². The van der Waals surface area contributed by atoms with Gasteiger partial charge in [-0.3, -0.25) is 0 Å². The summed E-state index contributed by atoms with van der Waals surface area (Å²) in [6, 6.07) is 16.5. The number of benzene rings is 2. The number of aliphatic hydroxyl groups is 1. The molecule has 1 aliphatic rings. The van der Waals surface area contributed by atoms with Crippen molar-refractivity contribution in [1.82, 2.24) is 5.32 Å². The standard InChI is InChI=1S/C20H23NO3/c1-13(14(2)22)11-21-20(23)24-12-19-17-9-5-3-7-15(17)16-8-4-6-10-18(16)19/h3-10,13-14,19,22H,11-12H2,1-2H3,(H,21,23). The van der Waals surface area contributed by atoms with Crippen LogP contribution in [0, 0.1) is 5.92 Å². The molecule has 2 N–H and O–H groups in total. The molecule has 0 aromatic heterocycles. The Balaban J connectivity index is 1.66. The number of hydrogen-bond donors (Lipinski definition) is 2. The lowest BCUT2D eigenvalue weighted by Gasteiger charge is -2.17. The Morgan fingerprint density at radius 1 is 1.08 bits per heavy atom. The molecule has 1 aliphatic carbocycles. The maximum absolute atomic E-state index is 11.9. The van der Waals surface area contributed by atoms with Crippen molar-refractivity contribution in [3.05, 3.63) is 59.7 Å². The average molecular weight is 325 g/mol. The molecule has 24 heavy (non-hydrogen) atoms. The number of alkyl carbamates (subject to hydrolysis) is 1. The molecule has 4 heteroatoms. The molecule has 1 amide bonds. The van der Waals surface area contributed by atoms with Crippen molar-refractivity contribution in [3.63, 3.8) is 0 Å². The van der Waals surface area contributed by atoms with Gasteiger partial charge in [-0.2, -0.15) is 0 Å². The zero-order valence-electron chi connectivity index (χ0n) is 14.0. The predicted octanol–water partition coefficient (Wildman–Crippen LogP) is 3.54. The molecule has 3 rings (SSSR count). The Bertz CT molecular complexity index is 681. The Labute approximate surface area is 142 Å². The highest BCUT2D eigenvalue weighted by Gasteiger charge is 2.28. The number of amides is 1. The number of rotatable bonds is 5. The number of ether oxygens (including phenoxy) is 1. The average Bonchev–Trinajstić information content (AvgIpc) is 2.92. The van der Waals surface area contributed by atoms with Gasteiger partial charge in [0, 0.05) is 12.5 Å². The zero-order valence-corrected chi connectivity index (χ0v) is 14.0. The van der Waals surface area contributed by atoms with E-state index in [1.807, 2.05) is 31.2 Å². The topological polar surface area (TPSA) is 58.6 Å². The quantitative estimate of drug-likeness (QED) is 0.884. The number of aliphatic hydroxyl groups excluding tert-OH is 1. The van der Waals surface area contributed by atoms with Gasteiger partial charge in [0.1, 0.15) is 6.61 Å². The lowest BCUT2D eigenvalue weighted by Crippen LogP contribution is -2.33. The molecule has 0 fully saturated rings. The first-order valence-electron chi connectivity index (χ1n) is 8.35. The van der Waals surface area contributed by atoms with Gasteiger partial charge in [-0.25, -0.2) is 4.79 Å². The minimum absolute atomic E-state index is 0.00881. The first kappa shape index (κ1) is 16.5. The molecule has 0 heterocycles. The number of carbonyl (C=O) groups is 1. The van der Waals surface area contributed by atoms with E-state index < -0.39 is 12.2 Å². The third-order valence-corrected chi connectivity index (χ3v) is 4.74. The van der Waals surface area contributed by atoms with Gasteiger partial charge in [-0.15, -0.1) is 0 Å². The van der Waals surface area contributed by atoms with Gasteiger partial charge >= 0.3 is 6.09 Å². The van der Waals surface area contributed by atoms with Crippen molar-refractivity contribution in [2.75, 3.05) is 13.2 Å². The lowest BCUT2D eigenvalue weighted by atomic mass is 9.98. The molecule has 4 nitrogen and oxygen atoms in total. The Hall–Kier alpha value is -2.33. The van der Waals surface area contributed by atoms with Gasteiger partial charge in [-0.05, 0) is 35.1 Å². The van der Waals surface area contributed by atoms with Crippen LogP contribution >= 0.6 is 0 Å². The summed E-state index contributed by atoms with van der Waals surface area (Å²) < 4.78 is 5.44. The normalized spacial score (nSPS) is 15.3. The van der Waals surface area contributed by atoms with Crippen LogP contribution in [0.15, 0.2) is 48.5 Å². The maximum Gasteiger partial charge on any atom is 0.407 e. The summed E-state index contributed by atoms with van der Waals surface area (Å²) in [4.78, 5) is 11.9. The van der Waals surface area contributed by atoms with Gasteiger partial charge in [0.2, 0.25) is 0 Å². The third kappa shape index (κ3) is 3.29. The highest BCUT2D eigenvalue weighted by atomic mass is 16.5. The fraction of sp³-hybridized carbons (Fsp3) is 0.350. The number of fused-ring (bicyclic) bond motifs is 3. The van der Waals surface area contributed by atoms with Crippen molar-refractivity contribution in [3.8, 4) is 11.1 Å². The largest absolute Gasteiger partial charge is 0.449 e. The first-order chi connectivity index (χ1) is 11.6. The summed E-state index contributed by atoms with van der Waals surface area (Å²) in [5.74, 6) is 0.0582. The van der Waals surface area contributed by atoms with Crippen LogP contribution in [0.4, 0.5) is 4.79 Å². The first-order valence-corrected chi connectivity index (χ1v) is 8.35. The van der Waals surface area contributed by atoms with Gasteiger partial charge in [0.25, 0.3) is 0 Å². The molecule has 2 aromatic carbocycles. The third-order valence-electron chi connectivity index (χ3n) is 4.74. The number of hydrogen-bond acceptors (Lipinski definition) is 3. The van der Waals surface area contributed by atoms with Gasteiger partial charge in [0.15, 0.2) is 0 Å². The molecule has 0 spiro atoms. The van der Waals surface area contributed by atoms with Crippen LogP contribution in [0.25, 0.3) is 11.1 Å². The van der Waals surface area contributed by atoms with Crippen molar-refractivity contribution < 1.29 is 14.6 Å². The number of carbonyl (C=O) groups excluding carboxylic acids is 1. The van der Waals surface area contributed by atoms with Gasteiger partial charge < -0.3 is 15.2 Å². The second kappa shape index (κ2) is 7.05. The summed E-state index contributed by atoms with van der Waals surface area (Å²) in [5.41, 5.74) is 4.82. The monoisotopic (exact) mass is 325 g/mol. The summed E-state index contributed by atoms with van der Waals surface area (Å²) in [6.07, 6.45) is -0.900. The zero-order chi connectivity index (χ0) is 17.1. The second-order valence-electron chi connectivity index (χ2n) is 6.42. The molecule has 2 atom stereocenters. The molecule has 126 valence electrons. The lowest BCUT2D eigenvalue weighted by molar-refractivity contribution is 0.120. The highest BCUT2D eigenvalue weighted by Crippen LogP contribution is 2.44. The molecule has 2 aromatic rings. The van der Waals surface area contributed by atoms with Gasteiger partial charge in [0.05, 0.1) is 6.10 Å². The van der Waals surface area contributed by atoms with Crippen molar-refractivity contribution >= 4 is 6.09 Å². The molecular formula is C20H23NO3. The second-order valence-corrected chi connectivity index (χ2v) is 6.42. The smallest absolute Gasteiger partial charge is 0.407 e. The van der Waals surface area contributed by atoms with Crippen molar-refractivity contribution in [1.29, 1.82) is 0 Å². The van der Waals surface area contributed by atoms with Crippen molar-refractivity contribution in [2.24, 2.45) is 5.92 Å². The van der Waals surface area contributed by atoms with Crippen LogP contribution in [-0.4, -0.2) is 30.5 Å². The van der Waals surface area contributed by atoms with Gasteiger partial charge in [-0.1, -0.05) is 55.5 Å². The molecule has 0 bridgehead atoms. The van der Waals surface area contributed by atoms with Crippen molar-refractivity contribution in [2.45, 2.75) is 25.9 Å². The van der Waals surface area contributed by atoms with Crippen LogP contribution in [-0.2, 0) is 4.74 Å². The molecule has 0 radical (unpaired) electrons. The van der Waals surface area contributed by atoms with Crippen LogP contribution in [0.3, 0.4) is 0 Å². The summed E-state index contributed by atoms with van der Waals surface area (Å²) >= 11 is 0. The van der Waals surface area contributed by atoms with Crippen LogP contribution in [0.2, 0.25) is 0 Å². The fourth-order valence-corrected chi connectivity index (χ4v) is 3.06. The molecule has 2 unspecified atom stereocenters. The maximum atomic E-state index is 11.9. The minimum Gasteiger partial charge on any atom is -0.449 e. The van der Waals surface area contributed by atoms with E-state index in [1.54, 1.807) is 6.92 Å². The Morgan fingerprint density at radius 2 is 1.62 bits per heavy atom. The minimum atomic E-state index is -0.459. The molecule has 0 saturated heterocycles. The van der Waals surface area contributed by atoms with E-state index in [1.165, 1.54) is 22.3 Å². The van der Waals surface area contributed by atoms with E-state index in [0.717, 1.165) is 0 Å². The number of nitrogens with one attached hydrogen (secondary N) is 1. The van der Waals surface area contributed by atoms with E-state index in [-0.39, 0.29) is 11.8 Å². The Morgan fingerprint density at radius 3 is 2.17 bits per heavy atom. The SMILES string of the molecule is CC(O)C(C)CNC(=O)OCC1c2ccccc2-c2ccccc21. The Kier molecular flexibility index (Phi) is 4.86. The van der Waals surface area contributed by atoms with Crippen LogP contribution < -0.4 is 5.32 Å². The van der Waals surface area contributed by atoms with E-state index in [0.29, 0.717) is 13.2 Å². The summed E-state index contributed by atoms with van der Waals surface area (Å²) in [5, 5.41) is 12.2. The molecule has 0 aliphatic heterocycles.